The number of methoxy groups -OCH3 is 2. The monoisotopic (exact) mass is 284 g/mol. The zero-order valence-electron chi connectivity index (χ0n) is 12.1. The molecule has 0 amide bonds. The van der Waals surface area contributed by atoms with Gasteiger partial charge in [0.25, 0.3) is 0 Å². The van der Waals surface area contributed by atoms with E-state index in [1.807, 2.05) is 35.9 Å². The fraction of sp³-hybridized carbons (Fsp3) is 0.188. The van der Waals surface area contributed by atoms with Gasteiger partial charge in [-0.05, 0) is 30.3 Å². The van der Waals surface area contributed by atoms with Gasteiger partial charge in [-0.1, -0.05) is 0 Å². The number of fused-ring (bicyclic) bond motifs is 1. The van der Waals surface area contributed by atoms with E-state index in [0.29, 0.717) is 5.75 Å². The van der Waals surface area contributed by atoms with E-state index < -0.39 is 0 Å². The summed E-state index contributed by atoms with van der Waals surface area (Å²) in [6.07, 6.45) is 0. The summed E-state index contributed by atoms with van der Waals surface area (Å²) in [7, 11) is 5.10. The van der Waals surface area contributed by atoms with Gasteiger partial charge in [-0.15, -0.1) is 0 Å². The number of rotatable bonds is 3. The molecule has 0 aliphatic heterocycles. The minimum Gasteiger partial charge on any atom is -0.504 e. The molecule has 0 unspecified atom stereocenters. The molecule has 0 bridgehead atoms. The number of aromatic nitrogens is 2. The third kappa shape index (κ3) is 2.16. The molecule has 5 heteroatoms. The Balaban J connectivity index is 2.16. The van der Waals surface area contributed by atoms with Crippen LogP contribution in [0.1, 0.15) is 0 Å². The number of nitrogens with zero attached hydrogens (tertiary/aromatic N) is 2. The third-order valence-electron chi connectivity index (χ3n) is 3.53. The van der Waals surface area contributed by atoms with Crippen LogP contribution in [0.3, 0.4) is 0 Å². The molecule has 3 aromatic rings. The number of ether oxygens (including phenoxy) is 2. The molecule has 0 atom stereocenters. The van der Waals surface area contributed by atoms with Crippen molar-refractivity contribution in [1.29, 1.82) is 0 Å². The molecule has 0 saturated carbocycles. The molecular weight excluding hydrogens is 268 g/mol. The van der Waals surface area contributed by atoms with Crippen molar-refractivity contribution in [1.82, 2.24) is 9.55 Å². The zero-order chi connectivity index (χ0) is 15.0. The van der Waals surface area contributed by atoms with Crippen LogP contribution in [-0.4, -0.2) is 28.9 Å². The third-order valence-corrected chi connectivity index (χ3v) is 3.53. The highest BCUT2D eigenvalue weighted by Crippen LogP contribution is 2.32. The zero-order valence-corrected chi connectivity index (χ0v) is 12.1. The number of aromatic hydroxyl groups is 1. The molecule has 0 aliphatic rings. The molecule has 0 aliphatic carbocycles. The lowest BCUT2D eigenvalue weighted by molar-refractivity contribution is 0.373. The lowest BCUT2D eigenvalue weighted by Crippen LogP contribution is -1.93. The summed E-state index contributed by atoms with van der Waals surface area (Å²) in [5.41, 5.74) is 2.68. The topological polar surface area (TPSA) is 56.5 Å². The van der Waals surface area contributed by atoms with Gasteiger partial charge in [-0.3, -0.25) is 0 Å². The SMILES string of the molecule is COc1ccc2c(c1)nc(-c1ccc(OC)c(O)c1)n2C. The van der Waals surface area contributed by atoms with E-state index in [1.165, 1.54) is 7.11 Å². The van der Waals surface area contributed by atoms with Crippen molar-refractivity contribution >= 4 is 11.0 Å². The Bertz CT molecular complexity index is 809. The first-order valence-electron chi connectivity index (χ1n) is 6.52. The van der Waals surface area contributed by atoms with Crippen LogP contribution in [0, 0.1) is 0 Å². The van der Waals surface area contributed by atoms with Crippen molar-refractivity contribution in [3.8, 4) is 28.6 Å². The van der Waals surface area contributed by atoms with Crippen LogP contribution in [0.25, 0.3) is 22.4 Å². The first kappa shape index (κ1) is 13.3. The molecule has 5 nitrogen and oxygen atoms in total. The van der Waals surface area contributed by atoms with Gasteiger partial charge in [-0.2, -0.15) is 0 Å². The van der Waals surface area contributed by atoms with Crippen LogP contribution in [0.5, 0.6) is 17.2 Å². The lowest BCUT2D eigenvalue weighted by Gasteiger charge is -2.06. The highest BCUT2D eigenvalue weighted by Gasteiger charge is 2.12. The minimum absolute atomic E-state index is 0.0969. The Labute approximate surface area is 122 Å². The minimum atomic E-state index is 0.0969. The number of phenolic OH excluding ortho intramolecular Hbond substituents is 1. The molecular formula is C16H16N2O3. The van der Waals surface area contributed by atoms with E-state index in [0.717, 1.165) is 28.2 Å². The number of hydrogen-bond donors (Lipinski definition) is 1. The van der Waals surface area contributed by atoms with Crippen molar-refractivity contribution in [3.05, 3.63) is 36.4 Å². The molecule has 0 fully saturated rings. The molecule has 3 rings (SSSR count). The Morgan fingerprint density at radius 1 is 1.05 bits per heavy atom. The van der Waals surface area contributed by atoms with Gasteiger partial charge in [0, 0.05) is 18.7 Å². The highest BCUT2D eigenvalue weighted by molar-refractivity contribution is 5.82. The molecule has 2 aromatic carbocycles. The van der Waals surface area contributed by atoms with Gasteiger partial charge in [0.1, 0.15) is 11.6 Å². The predicted octanol–water partition coefficient (Wildman–Crippen LogP) is 2.96. The van der Waals surface area contributed by atoms with E-state index in [-0.39, 0.29) is 5.75 Å². The molecule has 1 heterocycles. The van der Waals surface area contributed by atoms with Crippen molar-refractivity contribution in [2.45, 2.75) is 0 Å². The number of hydrogen-bond acceptors (Lipinski definition) is 4. The largest absolute Gasteiger partial charge is 0.504 e. The molecule has 1 aromatic heterocycles. The normalized spacial score (nSPS) is 10.8. The average Bonchev–Trinajstić information content (AvgIpc) is 2.83. The predicted molar refractivity (Wildman–Crippen MR) is 80.9 cm³/mol. The van der Waals surface area contributed by atoms with Crippen LogP contribution >= 0.6 is 0 Å². The number of imidazole rings is 1. The summed E-state index contributed by atoms with van der Waals surface area (Å²) in [6, 6.07) is 11.0. The fourth-order valence-electron chi connectivity index (χ4n) is 2.39. The van der Waals surface area contributed by atoms with E-state index in [4.69, 9.17) is 9.47 Å². The van der Waals surface area contributed by atoms with Gasteiger partial charge in [-0.25, -0.2) is 4.98 Å². The van der Waals surface area contributed by atoms with Crippen LogP contribution < -0.4 is 9.47 Å². The first-order chi connectivity index (χ1) is 10.1. The smallest absolute Gasteiger partial charge is 0.160 e. The van der Waals surface area contributed by atoms with Crippen LogP contribution in [0.4, 0.5) is 0 Å². The fourth-order valence-corrected chi connectivity index (χ4v) is 2.39. The second-order valence-electron chi connectivity index (χ2n) is 4.74. The number of phenols is 1. The summed E-state index contributed by atoms with van der Waals surface area (Å²) in [5.74, 6) is 2.08. The standard InChI is InChI=1S/C16H16N2O3/c1-18-13-6-5-11(20-2)9-12(13)17-16(18)10-4-7-15(21-3)14(19)8-10/h4-9,19H,1-3H3. The van der Waals surface area contributed by atoms with Gasteiger partial charge in [0.05, 0.1) is 25.3 Å². The van der Waals surface area contributed by atoms with Crippen LogP contribution in [-0.2, 0) is 7.05 Å². The van der Waals surface area contributed by atoms with Crippen molar-refractivity contribution in [2.75, 3.05) is 14.2 Å². The first-order valence-corrected chi connectivity index (χ1v) is 6.52. The Morgan fingerprint density at radius 2 is 1.86 bits per heavy atom. The summed E-state index contributed by atoms with van der Waals surface area (Å²) < 4.78 is 12.3. The Kier molecular flexibility index (Phi) is 3.17. The van der Waals surface area contributed by atoms with E-state index >= 15 is 0 Å². The van der Waals surface area contributed by atoms with Crippen molar-refractivity contribution in [2.24, 2.45) is 7.05 Å². The highest BCUT2D eigenvalue weighted by atomic mass is 16.5. The molecule has 108 valence electrons. The second-order valence-corrected chi connectivity index (χ2v) is 4.74. The van der Waals surface area contributed by atoms with Crippen molar-refractivity contribution < 1.29 is 14.6 Å². The summed E-state index contributed by atoms with van der Waals surface area (Å²) in [6.45, 7) is 0. The molecule has 1 N–H and O–H groups in total. The summed E-state index contributed by atoms with van der Waals surface area (Å²) >= 11 is 0. The summed E-state index contributed by atoms with van der Waals surface area (Å²) in [5, 5.41) is 9.92. The Hall–Kier alpha value is -2.69. The lowest BCUT2D eigenvalue weighted by atomic mass is 10.2. The quantitative estimate of drug-likeness (QED) is 0.803. The van der Waals surface area contributed by atoms with Gasteiger partial charge in [0.2, 0.25) is 0 Å². The summed E-state index contributed by atoms with van der Waals surface area (Å²) in [4.78, 5) is 4.62. The van der Waals surface area contributed by atoms with Crippen molar-refractivity contribution in [3.63, 3.8) is 0 Å². The average molecular weight is 284 g/mol. The molecule has 0 saturated heterocycles. The van der Waals surface area contributed by atoms with Crippen LogP contribution in [0.15, 0.2) is 36.4 Å². The number of benzene rings is 2. The number of aryl methyl sites for hydroxylation is 1. The maximum absolute atomic E-state index is 9.92. The van der Waals surface area contributed by atoms with Gasteiger partial charge < -0.3 is 19.1 Å². The second kappa shape index (κ2) is 5.01. The van der Waals surface area contributed by atoms with Gasteiger partial charge in [0.15, 0.2) is 11.5 Å². The molecule has 0 spiro atoms. The molecule has 21 heavy (non-hydrogen) atoms. The van der Waals surface area contributed by atoms with Crippen LogP contribution in [0.2, 0.25) is 0 Å². The molecule has 0 radical (unpaired) electrons. The van der Waals surface area contributed by atoms with E-state index in [1.54, 1.807) is 19.2 Å². The van der Waals surface area contributed by atoms with E-state index in [9.17, 15) is 5.11 Å². The van der Waals surface area contributed by atoms with E-state index in [2.05, 4.69) is 4.98 Å². The Morgan fingerprint density at radius 3 is 2.52 bits per heavy atom. The maximum atomic E-state index is 9.92. The maximum Gasteiger partial charge on any atom is 0.160 e. The van der Waals surface area contributed by atoms with Gasteiger partial charge >= 0.3 is 0 Å².